The van der Waals surface area contributed by atoms with E-state index in [9.17, 15) is 0 Å². The van der Waals surface area contributed by atoms with E-state index in [1.165, 1.54) is 20.2 Å². The Kier molecular flexibility index (Phi) is 6.25. The van der Waals surface area contributed by atoms with E-state index in [4.69, 9.17) is 21.2 Å². The van der Waals surface area contributed by atoms with Crippen molar-refractivity contribution in [3.05, 3.63) is 81.9 Å². The molecule has 3 aromatic heterocycles. The maximum absolute atomic E-state index is 6.09. The van der Waals surface area contributed by atoms with Crippen LogP contribution in [0, 0.1) is 0 Å². The molecular weight excluding hydrogens is 456 g/mol. The van der Waals surface area contributed by atoms with Crippen LogP contribution in [0.15, 0.2) is 71.4 Å². The summed E-state index contributed by atoms with van der Waals surface area (Å²) in [4.78, 5) is 10.2. The summed E-state index contributed by atoms with van der Waals surface area (Å²) >= 11 is 5.21. The van der Waals surface area contributed by atoms with E-state index >= 15 is 0 Å². The summed E-state index contributed by atoms with van der Waals surface area (Å²) in [6.45, 7) is 0.887. The fourth-order valence-corrected chi connectivity index (χ4v) is 6.38. The molecule has 0 bridgehead atoms. The van der Waals surface area contributed by atoms with E-state index in [-0.39, 0.29) is 0 Å². The van der Waals surface area contributed by atoms with Crippen LogP contribution in [-0.4, -0.2) is 13.2 Å². The molecule has 1 aliphatic rings. The van der Waals surface area contributed by atoms with Crippen LogP contribution < -0.4 is 21.2 Å². The van der Waals surface area contributed by atoms with Crippen LogP contribution in [-0.2, 0) is 0 Å². The molecule has 0 fully saturated rings. The number of hydrogen-bond donors (Lipinski definition) is 2. The maximum Gasteiger partial charge on any atom is 0.155 e. The van der Waals surface area contributed by atoms with Crippen molar-refractivity contribution in [1.82, 2.24) is 0 Å². The fourth-order valence-electron chi connectivity index (χ4n) is 3.76. The van der Waals surface area contributed by atoms with Gasteiger partial charge in [-0.05, 0) is 64.7 Å². The number of hydrogen-bond acceptors (Lipinski definition) is 7. The second kappa shape index (κ2) is 9.44. The van der Waals surface area contributed by atoms with Crippen LogP contribution >= 0.6 is 34.0 Å². The van der Waals surface area contributed by atoms with E-state index in [1.807, 2.05) is 12.1 Å². The molecule has 0 saturated heterocycles. The van der Waals surface area contributed by atoms with Crippen LogP contribution in [0.5, 0.6) is 11.5 Å². The highest BCUT2D eigenvalue weighted by Crippen LogP contribution is 2.46. The zero-order valence-corrected chi connectivity index (χ0v) is 19.7. The summed E-state index contributed by atoms with van der Waals surface area (Å²) in [7, 11) is 0. The number of rotatable bonds is 8. The van der Waals surface area contributed by atoms with Crippen molar-refractivity contribution in [1.29, 1.82) is 0 Å². The molecule has 0 radical (unpaired) electrons. The van der Waals surface area contributed by atoms with Crippen molar-refractivity contribution in [3.63, 3.8) is 0 Å². The van der Waals surface area contributed by atoms with Gasteiger partial charge in [0.2, 0.25) is 0 Å². The highest BCUT2D eigenvalue weighted by atomic mass is 32.1. The van der Waals surface area contributed by atoms with Gasteiger partial charge in [0.05, 0.1) is 0 Å². The molecule has 7 heteroatoms. The van der Waals surface area contributed by atoms with Crippen molar-refractivity contribution in [2.24, 2.45) is 11.6 Å². The highest BCUT2D eigenvalue weighted by molar-refractivity contribution is 7.23. The summed E-state index contributed by atoms with van der Waals surface area (Å²) < 4.78 is 6.09. The van der Waals surface area contributed by atoms with Crippen molar-refractivity contribution in [2.75, 3.05) is 13.2 Å². The Morgan fingerprint density at radius 3 is 2.22 bits per heavy atom. The van der Waals surface area contributed by atoms with Gasteiger partial charge in [-0.3, -0.25) is 0 Å². The van der Waals surface area contributed by atoms with Gasteiger partial charge in [-0.1, -0.05) is 24.3 Å². The lowest BCUT2D eigenvalue weighted by atomic mass is 9.98. The van der Waals surface area contributed by atoms with Gasteiger partial charge in [0, 0.05) is 37.2 Å². The normalized spacial score (nSPS) is 13.2. The molecule has 0 unspecified atom stereocenters. The van der Waals surface area contributed by atoms with E-state index < -0.39 is 0 Å². The lowest BCUT2D eigenvalue weighted by Crippen LogP contribution is -2.12. The Balaban J connectivity index is 1.51. The molecule has 0 spiro atoms. The van der Waals surface area contributed by atoms with Gasteiger partial charge >= 0.3 is 0 Å². The second-order valence-electron chi connectivity index (χ2n) is 7.28. The molecular formula is C25H22N2O2S3. The third kappa shape index (κ3) is 4.18. The molecule has 3 heterocycles. The number of ether oxygens (including phenoxy) is 1. The molecule has 1 aliphatic carbocycles. The first-order valence-electron chi connectivity index (χ1n) is 10.2. The minimum Gasteiger partial charge on any atom is -0.492 e. The third-order valence-corrected chi connectivity index (χ3v) is 8.40. The molecule has 5 rings (SSSR count). The summed E-state index contributed by atoms with van der Waals surface area (Å²) in [5.74, 6) is 7.15. The van der Waals surface area contributed by atoms with Crippen LogP contribution in [0.25, 0.3) is 31.3 Å². The average molecular weight is 479 g/mol. The van der Waals surface area contributed by atoms with Crippen molar-refractivity contribution < 1.29 is 9.57 Å². The molecule has 0 saturated carbocycles. The molecule has 0 amide bonds. The molecule has 4 N–H and O–H groups in total. The summed E-state index contributed by atoms with van der Waals surface area (Å²) in [5.41, 5.74) is 10.1. The monoisotopic (exact) mass is 478 g/mol. The van der Waals surface area contributed by atoms with Gasteiger partial charge in [0.15, 0.2) is 5.75 Å². The molecule has 4 aromatic rings. The van der Waals surface area contributed by atoms with E-state index in [1.54, 1.807) is 34.0 Å². The van der Waals surface area contributed by atoms with Crippen LogP contribution in [0.2, 0.25) is 0 Å². The summed E-state index contributed by atoms with van der Waals surface area (Å²) in [6, 6.07) is 16.7. The average Bonchev–Trinajstić information content (AvgIpc) is 3.63. The van der Waals surface area contributed by atoms with Gasteiger partial charge in [-0.25, -0.2) is 0 Å². The predicted molar refractivity (Wildman–Crippen MR) is 137 cm³/mol. The number of benzene rings is 1. The van der Waals surface area contributed by atoms with Gasteiger partial charge in [-0.15, -0.1) is 34.0 Å². The van der Waals surface area contributed by atoms with E-state index in [0.717, 1.165) is 33.7 Å². The lowest BCUT2D eigenvalue weighted by Gasteiger charge is -2.16. The van der Waals surface area contributed by atoms with Gasteiger partial charge < -0.3 is 15.3 Å². The van der Waals surface area contributed by atoms with Gasteiger partial charge in [-0.2, -0.15) is 5.90 Å². The fraction of sp³-hybridized carbons (Fsp3) is 0.120. The summed E-state index contributed by atoms with van der Waals surface area (Å²) in [5, 5.41) is 4.19. The van der Waals surface area contributed by atoms with E-state index in [0.29, 0.717) is 18.9 Å². The molecule has 0 aliphatic heterocycles. The lowest BCUT2D eigenvalue weighted by molar-refractivity contribution is 0.322. The SMILES string of the molecule is NCCOc1cc(C2=CC=C(c3cccs3)C2)c(ON)cc1-c1ccc(-c2cccs2)s1. The van der Waals surface area contributed by atoms with E-state index in [2.05, 4.69) is 59.3 Å². The molecule has 1 aromatic carbocycles. The first-order chi connectivity index (χ1) is 15.8. The Morgan fingerprint density at radius 1 is 0.781 bits per heavy atom. The molecule has 4 nitrogen and oxygen atoms in total. The number of nitrogens with two attached hydrogens (primary N) is 2. The topological polar surface area (TPSA) is 70.5 Å². The Morgan fingerprint density at radius 2 is 1.50 bits per heavy atom. The summed E-state index contributed by atoms with van der Waals surface area (Å²) in [6.07, 6.45) is 5.13. The minimum absolute atomic E-state index is 0.441. The largest absolute Gasteiger partial charge is 0.492 e. The standard InChI is InChI=1S/C25H22N2O2S3/c26-9-10-28-20-14-18(16-5-6-17(13-16)22-3-1-11-30-22)21(29-27)15-19(20)23-7-8-25(32-23)24-4-2-12-31-24/h1-8,11-12,14-15H,9-10,13,26-27H2. The zero-order chi connectivity index (χ0) is 21.9. The number of allylic oxidation sites excluding steroid dienone is 4. The molecule has 0 atom stereocenters. The van der Waals surface area contributed by atoms with Gasteiger partial charge in [0.1, 0.15) is 12.4 Å². The first-order valence-corrected chi connectivity index (χ1v) is 12.8. The zero-order valence-electron chi connectivity index (χ0n) is 17.2. The Labute approximate surface area is 199 Å². The minimum atomic E-state index is 0.441. The second-order valence-corrected chi connectivity index (χ2v) is 10.3. The van der Waals surface area contributed by atoms with Crippen LogP contribution in [0.3, 0.4) is 0 Å². The van der Waals surface area contributed by atoms with Crippen molar-refractivity contribution in [3.8, 4) is 31.7 Å². The first kappa shape index (κ1) is 21.2. The van der Waals surface area contributed by atoms with Gasteiger partial charge in [0.25, 0.3) is 0 Å². The quantitative estimate of drug-likeness (QED) is 0.278. The third-order valence-electron chi connectivity index (χ3n) is 5.27. The smallest absolute Gasteiger partial charge is 0.155 e. The number of thiophene rings is 3. The van der Waals surface area contributed by atoms with Crippen molar-refractivity contribution >= 4 is 45.2 Å². The molecule has 162 valence electrons. The van der Waals surface area contributed by atoms with Crippen LogP contribution in [0.4, 0.5) is 0 Å². The maximum atomic E-state index is 6.09. The highest BCUT2D eigenvalue weighted by Gasteiger charge is 2.21. The Hall–Kier alpha value is -2.68. The Bertz CT molecular complexity index is 1270. The van der Waals surface area contributed by atoms with Crippen LogP contribution in [0.1, 0.15) is 16.9 Å². The molecule has 32 heavy (non-hydrogen) atoms. The predicted octanol–water partition coefficient (Wildman–Crippen LogP) is 6.67. The van der Waals surface area contributed by atoms with Crippen molar-refractivity contribution in [2.45, 2.75) is 6.42 Å².